The zero-order chi connectivity index (χ0) is 16.7. The second kappa shape index (κ2) is 6.25. The van der Waals surface area contributed by atoms with Crippen LogP contribution in [-0.2, 0) is 11.2 Å². The maximum absolute atomic E-state index is 12.5. The van der Waals surface area contributed by atoms with Crippen molar-refractivity contribution in [2.24, 2.45) is 0 Å². The van der Waals surface area contributed by atoms with Gasteiger partial charge in [0.2, 0.25) is 0 Å². The summed E-state index contributed by atoms with van der Waals surface area (Å²) in [5, 5.41) is 4.63. The number of halogens is 1. The smallest absolute Gasteiger partial charge is 0.175 e. The van der Waals surface area contributed by atoms with Gasteiger partial charge in [0.25, 0.3) is 0 Å². The Morgan fingerprint density at radius 1 is 0.792 bits per heavy atom. The molecular weight excluding hydrogens is 380 g/mol. The largest absolute Gasteiger partial charge is 0.612 e. The highest BCUT2D eigenvalue weighted by molar-refractivity contribution is 9.10. The fourth-order valence-corrected chi connectivity index (χ4v) is 5.26. The lowest BCUT2D eigenvalue weighted by molar-refractivity contribution is 0.601. The summed E-state index contributed by atoms with van der Waals surface area (Å²) in [7, 11) is 0. The van der Waals surface area contributed by atoms with E-state index in [4.69, 9.17) is 0 Å². The first-order valence-corrected chi connectivity index (χ1v) is 10.0. The maximum atomic E-state index is 12.5. The summed E-state index contributed by atoms with van der Waals surface area (Å²) in [6.07, 6.45) is 1.74. The summed E-state index contributed by atoms with van der Waals surface area (Å²) >= 11 is 2.54. The minimum absolute atomic E-state index is 0.852. The molecule has 0 fully saturated rings. The van der Waals surface area contributed by atoms with Gasteiger partial charge in [0.15, 0.2) is 4.90 Å². The van der Waals surface area contributed by atoms with E-state index >= 15 is 0 Å². The molecule has 4 rings (SSSR count). The van der Waals surface area contributed by atoms with Gasteiger partial charge in [0.1, 0.15) is 6.26 Å². The molecule has 0 aliphatic carbocycles. The molecule has 1 atom stereocenters. The molecule has 3 heteroatoms. The van der Waals surface area contributed by atoms with E-state index in [-0.39, 0.29) is 0 Å². The molecule has 0 saturated heterocycles. The van der Waals surface area contributed by atoms with Crippen LogP contribution >= 0.6 is 15.9 Å². The first-order valence-electron chi connectivity index (χ1n) is 7.69. The lowest BCUT2D eigenvalue weighted by Gasteiger charge is -2.17. The lowest BCUT2D eigenvalue weighted by Crippen LogP contribution is -2.02. The first-order chi connectivity index (χ1) is 11.7. The maximum Gasteiger partial charge on any atom is 0.175 e. The van der Waals surface area contributed by atoms with Crippen molar-refractivity contribution in [1.29, 1.82) is 0 Å². The molecule has 0 heterocycles. The molecular formula is C21H15BrOS. The third-order valence-corrected chi connectivity index (χ3v) is 6.19. The Labute approximate surface area is 152 Å². The minimum Gasteiger partial charge on any atom is -0.612 e. The van der Waals surface area contributed by atoms with Crippen molar-refractivity contribution in [2.75, 3.05) is 6.26 Å². The van der Waals surface area contributed by atoms with Gasteiger partial charge < -0.3 is 4.55 Å². The topological polar surface area (TPSA) is 23.1 Å². The third kappa shape index (κ3) is 2.53. The van der Waals surface area contributed by atoms with Gasteiger partial charge in [0.05, 0.1) is 4.47 Å². The van der Waals surface area contributed by atoms with Gasteiger partial charge in [0, 0.05) is 5.56 Å². The Kier molecular flexibility index (Phi) is 4.09. The van der Waals surface area contributed by atoms with Crippen LogP contribution in [0.1, 0.15) is 0 Å². The van der Waals surface area contributed by atoms with E-state index in [0.717, 1.165) is 31.3 Å². The second-order valence-electron chi connectivity index (χ2n) is 5.76. The fourth-order valence-electron chi connectivity index (χ4n) is 3.29. The molecule has 0 saturated carbocycles. The number of hydrogen-bond donors (Lipinski definition) is 0. The summed E-state index contributed by atoms with van der Waals surface area (Å²) in [5.41, 5.74) is 2.17. The van der Waals surface area contributed by atoms with Gasteiger partial charge in [-0.15, -0.1) is 0 Å². The van der Waals surface area contributed by atoms with Crippen molar-refractivity contribution in [1.82, 2.24) is 0 Å². The van der Waals surface area contributed by atoms with Crippen LogP contribution in [0, 0.1) is 0 Å². The van der Waals surface area contributed by atoms with E-state index in [0.29, 0.717) is 0 Å². The summed E-state index contributed by atoms with van der Waals surface area (Å²) in [6, 6.07) is 25.0. The number of benzene rings is 4. The average Bonchev–Trinajstić information content (AvgIpc) is 2.60. The van der Waals surface area contributed by atoms with Crippen molar-refractivity contribution in [3.63, 3.8) is 0 Å². The van der Waals surface area contributed by atoms with Crippen LogP contribution in [-0.4, -0.2) is 10.8 Å². The Bertz CT molecular complexity index is 1050. The van der Waals surface area contributed by atoms with Gasteiger partial charge in [-0.1, -0.05) is 66.7 Å². The zero-order valence-electron chi connectivity index (χ0n) is 13.1. The first kappa shape index (κ1) is 15.7. The SMILES string of the molecule is C[S+]([O-])c1c(Br)cc2ccccc2c1-c1cccc2ccccc12. The minimum atomic E-state index is -1.10. The van der Waals surface area contributed by atoms with E-state index in [1.54, 1.807) is 6.26 Å². The Morgan fingerprint density at radius 2 is 1.42 bits per heavy atom. The standard InChI is InChI=1S/C21H15BrOS/c1-24(23)21-19(22)13-15-8-3-5-11-17(15)20(21)18-12-6-9-14-7-2-4-10-16(14)18/h2-13H,1H3. The number of hydrogen-bond acceptors (Lipinski definition) is 1. The number of rotatable bonds is 2. The van der Waals surface area contributed by atoms with Gasteiger partial charge in [-0.2, -0.15) is 0 Å². The Hall–Kier alpha value is -1.81. The molecule has 0 N–H and O–H groups in total. The van der Waals surface area contributed by atoms with Gasteiger partial charge in [-0.3, -0.25) is 0 Å². The van der Waals surface area contributed by atoms with Gasteiger partial charge >= 0.3 is 0 Å². The molecule has 4 aromatic rings. The molecule has 118 valence electrons. The van der Waals surface area contributed by atoms with Crippen molar-refractivity contribution >= 4 is 48.7 Å². The Morgan fingerprint density at radius 3 is 2.17 bits per heavy atom. The van der Waals surface area contributed by atoms with Crippen LogP contribution in [0.2, 0.25) is 0 Å². The number of fused-ring (bicyclic) bond motifs is 2. The molecule has 4 aromatic carbocycles. The molecule has 0 aliphatic heterocycles. The highest BCUT2D eigenvalue weighted by Crippen LogP contribution is 2.42. The third-order valence-electron chi connectivity index (χ3n) is 4.30. The van der Waals surface area contributed by atoms with E-state index in [1.807, 2.05) is 18.2 Å². The summed E-state index contributed by atoms with van der Waals surface area (Å²) in [6.45, 7) is 0. The van der Waals surface area contributed by atoms with Crippen LogP contribution in [0.4, 0.5) is 0 Å². The van der Waals surface area contributed by atoms with Crippen LogP contribution < -0.4 is 0 Å². The van der Waals surface area contributed by atoms with E-state index in [9.17, 15) is 4.55 Å². The zero-order valence-corrected chi connectivity index (χ0v) is 15.5. The molecule has 0 aliphatic rings. The van der Waals surface area contributed by atoms with Gasteiger partial charge in [-0.05, 0) is 60.3 Å². The molecule has 0 bridgehead atoms. The molecule has 1 nitrogen and oxygen atoms in total. The van der Waals surface area contributed by atoms with Crippen LogP contribution in [0.5, 0.6) is 0 Å². The van der Waals surface area contributed by atoms with E-state index in [1.165, 1.54) is 10.8 Å². The van der Waals surface area contributed by atoms with Crippen LogP contribution in [0.3, 0.4) is 0 Å². The van der Waals surface area contributed by atoms with Crippen LogP contribution in [0.15, 0.2) is 82.2 Å². The van der Waals surface area contributed by atoms with Gasteiger partial charge in [-0.25, -0.2) is 0 Å². The molecule has 1 unspecified atom stereocenters. The monoisotopic (exact) mass is 394 g/mol. The quantitative estimate of drug-likeness (QED) is 0.373. The van der Waals surface area contributed by atoms with E-state index in [2.05, 4.69) is 70.5 Å². The van der Waals surface area contributed by atoms with Crippen LogP contribution in [0.25, 0.3) is 32.7 Å². The summed E-state index contributed by atoms with van der Waals surface area (Å²) in [5.74, 6) is 0. The highest BCUT2D eigenvalue weighted by Gasteiger charge is 2.22. The predicted octanol–water partition coefficient (Wildman–Crippen LogP) is 6.16. The van der Waals surface area contributed by atoms with E-state index < -0.39 is 11.2 Å². The molecule has 0 radical (unpaired) electrons. The molecule has 24 heavy (non-hydrogen) atoms. The van der Waals surface area contributed by atoms with Crippen molar-refractivity contribution in [3.8, 4) is 11.1 Å². The Balaban J connectivity index is 2.21. The van der Waals surface area contributed by atoms with Crippen molar-refractivity contribution in [3.05, 3.63) is 77.3 Å². The molecule has 0 aromatic heterocycles. The second-order valence-corrected chi connectivity index (χ2v) is 7.94. The molecule has 0 amide bonds. The van der Waals surface area contributed by atoms with Crippen molar-refractivity contribution in [2.45, 2.75) is 4.90 Å². The predicted molar refractivity (Wildman–Crippen MR) is 107 cm³/mol. The average molecular weight is 395 g/mol. The summed E-state index contributed by atoms with van der Waals surface area (Å²) < 4.78 is 13.4. The molecule has 0 spiro atoms. The normalized spacial score (nSPS) is 12.6. The highest BCUT2D eigenvalue weighted by atomic mass is 79.9. The fraction of sp³-hybridized carbons (Fsp3) is 0.0476. The van der Waals surface area contributed by atoms with Crippen molar-refractivity contribution < 1.29 is 4.55 Å². The lowest BCUT2D eigenvalue weighted by atomic mass is 9.94. The summed E-state index contributed by atoms with van der Waals surface area (Å²) in [4.78, 5) is 0.852.